The van der Waals surface area contributed by atoms with Gasteiger partial charge in [0.05, 0.1) is 8.07 Å². The van der Waals surface area contributed by atoms with Crippen LogP contribution in [0.1, 0.15) is 26.7 Å². The Bertz CT molecular complexity index is 140. The van der Waals surface area contributed by atoms with Crippen LogP contribution in [0, 0.1) is 0 Å². The van der Waals surface area contributed by atoms with Gasteiger partial charge in [-0.1, -0.05) is 38.8 Å². The Balaban J connectivity index is 2.50. The highest BCUT2D eigenvalue weighted by molar-refractivity contribution is 7.30. The third kappa shape index (κ3) is 1.92. The molecule has 0 saturated carbocycles. The lowest BCUT2D eigenvalue weighted by atomic mass is 10.6. The van der Waals surface area contributed by atoms with Gasteiger partial charge in [0.1, 0.15) is 0 Å². The summed E-state index contributed by atoms with van der Waals surface area (Å²) in [5.41, 5.74) is 1.41. The van der Waals surface area contributed by atoms with E-state index in [1.165, 1.54) is 30.6 Å². The second-order valence-corrected chi connectivity index (χ2v) is 15.3. The van der Waals surface area contributed by atoms with E-state index in [4.69, 9.17) is 22.7 Å². The van der Waals surface area contributed by atoms with Gasteiger partial charge in [-0.05, 0) is 5.67 Å². The SMILES string of the molecule is CCC[Si]1(CCC)C[SiH](Cl)C1Cl. The van der Waals surface area contributed by atoms with Crippen LogP contribution in [0.25, 0.3) is 0 Å². The molecular weight excluding hydrogens is 223 g/mol. The van der Waals surface area contributed by atoms with Gasteiger partial charge in [-0.15, -0.1) is 11.6 Å². The van der Waals surface area contributed by atoms with E-state index in [0.717, 1.165) is 0 Å². The lowest BCUT2D eigenvalue weighted by Gasteiger charge is -2.47. The molecule has 1 rings (SSSR count). The van der Waals surface area contributed by atoms with Crippen LogP contribution >= 0.6 is 22.7 Å². The number of hydrogen-bond donors (Lipinski definition) is 0. The summed E-state index contributed by atoms with van der Waals surface area (Å²) >= 11 is 12.6. The second-order valence-electron chi connectivity index (χ2n) is 3.98. The smallest absolute Gasteiger partial charge is 0.153 e. The van der Waals surface area contributed by atoms with Crippen molar-refractivity contribution in [1.82, 2.24) is 0 Å². The first-order chi connectivity index (χ1) is 5.66. The molecule has 1 saturated heterocycles. The summed E-state index contributed by atoms with van der Waals surface area (Å²) in [5, 5.41) is 0. The fraction of sp³-hybridized carbons (Fsp3) is 1.00. The average Bonchev–Trinajstić information content (AvgIpc) is 2.05. The minimum Gasteiger partial charge on any atom is -0.171 e. The van der Waals surface area contributed by atoms with E-state index >= 15 is 0 Å². The summed E-state index contributed by atoms with van der Waals surface area (Å²) in [6.07, 6.45) is 2.63. The molecule has 1 heterocycles. The number of halogens is 2. The van der Waals surface area contributed by atoms with Crippen LogP contribution in [0.4, 0.5) is 0 Å². The van der Waals surface area contributed by atoms with E-state index in [-0.39, 0.29) is 0 Å². The Kier molecular flexibility index (Phi) is 4.15. The zero-order valence-corrected chi connectivity index (χ0v) is 11.6. The summed E-state index contributed by atoms with van der Waals surface area (Å²) in [7, 11) is -1.97. The Morgan fingerprint density at radius 1 is 1.33 bits per heavy atom. The first kappa shape index (κ1) is 11.1. The van der Waals surface area contributed by atoms with Crippen LogP contribution in [0.5, 0.6) is 0 Å². The fourth-order valence-electron chi connectivity index (χ4n) is 2.43. The molecule has 0 bridgehead atoms. The summed E-state index contributed by atoms with van der Waals surface area (Å²) in [4.78, 5) is 0. The predicted molar refractivity (Wildman–Crippen MR) is 63.4 cm³/mol. The highest BCUT2D eigenvalue weighted by Crippen LogP contribution is 2.44. The third-order valence-corrected chi connectivity index (χ3v) is 21.4. The summed E-state index contributed by atoms with van der Waals surface area (Å²) in [6, 6.07) is 2.84. The van der Waals surface area contributed by atoms with Crippen molar-refractivity contribution in [2.45, 2.75) is 49.1 Å². The summed E-state index contributed by atoms with van der Waals surface area (Å²) in [6.45, 7) is 4.55. The second kappa shape index (κ2) is 4.49. The van der Waals surface area contributed by atoms with Gasteiger partial charge >= 0.3 is 0 Å². The molecule has 1 aliphatic heterocycles. The van der Waals surface area contributed by atoms with Crippen molar-refractivity contribution >= 4 is 38.9 Å². The molecule has 72 valence electrons. The zero-order valence-electron chi connectivity index (χ0n) is 7.95. The van der Waals surface area contributed by atoms with Crippen LogP contribution in [0.2, 0.25) is 17.8 Å². The highest BCUT2D eigenvalue weighted by atomic mass is 35.6. The molecule has 0 spiro atoms. The van der Waals surface area contributed by atoms with Crippen LogP contribution in [0.3, 0.4) is 0 Å². The van der Waals surface area contributed by atoms with Crippen LogP contribution < -0.4 is 0 Å². The van der Waals surface area contributed by atoms with Crippen molar-refractivity contribution in [2.24, 2.45) is 0 Å². The molecule has 2 atom stereocenters. The molecule has 12 heavy (non-hydrogen) atoms. The molecule has 2 unspecified atom stereocenters. The maximum Gasteiger partial charge on any atom is 0.153 e. The summed E-state index contributed by atoms with van der Waals surface area (Å²) < 4.78 is 0.499. The zero-order chi connectivity index (χ0) is 9.19. The molecule has 0 nitrogen and oxygen atoms in total. The van der Waals surface area contributed by atoms with E-state index in [9.17, 15) is 0 Å². The summed E-state index contributed by atoms with van der Waals surface area (Å²) in [5.74, 6) is 0. The fourth-order valence-corrected chi connectivity index (χ4v) is 21.9. The van der Waals surface area contributed by atoms with Crippen molar-refractivity contribution in [3.8, 4) is 0 Å². The Labute approximate surface area is 88.0 Å². The van der Waals surface area contributed by atoms with Crippen molar-refractivity contribution in [1.29, 1.82) is 0 Å². The Morgan fingerprint density at radius 3 is 2.08 bits per heavy atom. The van der Waals surface area contributed by atoms with Crippen molar-refractivity contribution in [3.63, 3.8) is 0 Å². The third-order valence-electron chi connectivity index (χ3n) is 3.00. The topological polar surface area (TPSA) is 0 Å². The molecule has 0 aromatic rings. The van der Waals surface area contributed by atoms with Crippen LogP contribution in [-0.2, 0) is 0 Å². The maximum atomic E-state index is 6.37. The van der Waals surface area contributed by atoms with Gasteiger partial charge in [-0.2, -0.15) is 11.1 Å². The van der Waals surface area contributed by atoms with E-state index in [1.807, 2.05) is 0 Å². The molecule has 4 heteroatoms. The van der Waals surface area contributed by atoms with Gasteiger partial charge in [0.25, 0.3) is 0 Å². The van der Waals surface area contributed by atoms with E-state index in [1.54, 1.807) is 0 Å². The molecule has 1 aliphatic rings. The predicted octanol–water partition coefficient (Wildman–Crippen LogP) is 3.46. The molecule has 0 radical (unpaired) electrons. The van der Waals surface area contributed by atoms with E-state index in [0.29, 0.717) is 4.62 Å². The van der Waals surface area contributed by atoms with Gasteiger partial charge in [-0.25, -0.2) is 0 Å². The molecule has 0 amide bonds. The number of rotatable bonds is 4. The van der Waals surface area contributed by atoms with Gasteiger partial charge < -0.3 is 0 Å². The van der Waals surface area contributed by atoms with E-state index < -0.39 is 16.2 Å². The average molecular weight is 241 g/mol. The monoisotopic (exact) mass is 240 g/mol. The molecule has 0 aliphatic carbocycles. The molecule has 0 N–H and O–H groups in total. The van der Waals surface area contributed by atoms with Gasteiger partial charge in [0.15, 0.2) is 8.11 Å². The van der Waals surface area contributed by atoms with Gasteiger partial charge in [0, 0.05) is 4.62 Å². The minimum absolute atomic E-state index is 0.499. The number of alkyl halides is 1. The van der Waals surface area contributed by atoms with Gasteiger partial charge in [-0.3, -0.25) is 0 Å². The molecule has 0 aromatic carbocycles. The largest absolute Gasteiger partial charge is 0.171 e. The molecular formula is C8H18Cl2Si2. The van der Waals surface area contributed by atoms with Crippen molar-refractivity contribution < 1.29 is 0 Å². The van der Waals surface area contributed by atoms with Crippen LogP contribution in [-0.4, -0.2) is 20.8 Å². The lowest BCUT2D eigenvalue weighted by Crippen LogP contribution is -2.63. The first-order valence-corrected chi connectivity index (χ1v) is 11.3. The van der Waals surface area contributed by atoms with Crippen molar-refractivity contribution in [2.75, 3.05) is 0 Å². The normalized spacial score (nSPS) is 33.0. The Hall–Kier alpha value is 1.01. The van der Waals surface area contributed by atoms with Gasteiger partial charge in [0.2, 0.25) is 0 Å². The molecule has 1 fully saturated rings. The molecule has 0 aromatic heterocycles. The Morgan fingerprint density at radius 2 is 1.83 bits per heavy atom. The standard InChI is InChI=1S/C8H18Cl2Si2/c1-3-5-12(6-4-2)7-11(10)8(12)9/h8,11H,3-7H2,1-2H3. The lowest BCUT2D eigenvalue weighted by molar-refractivity contribution is 0.955. The minimum atomic E-state index is -1.01. The van der Waals surface area contributed by atoms with Crippen molar-refractivity contribution in [3.05, 3.63) is 0 Å². The maximum absolute atomic E-state index is 6.37. The van der Waals surface area contributed by atoms with Crippen LogP contribution in [0.15, 0.2) is 0 Å². The van der Waals surface area contributed by atoms with E-state index in [2.05, 4.69) is 13.8 Å². The quantitative estimate of drug-likeness (QED) is 0.402. The highest BCUT2D eigenvalue weighted by Gasteiger charge is 2.53. The first-order valence-electron chi connectivity index (χ1n) is 4.94. The number of hydrogen-bond acceptors (Lipinski definition) is 0.